The lowest BCUT2D eigenvalue weighted by Crippen LogP contribution is -2.13. The van der Waals surface area contributed by atoms with Gasteiger partial charge < -0.3 is 4.98 Å². The highest BCUT2D eigenvalue weighted by Gasteiger charge is 2.47. The first-order valence-corrected chi connectivity index (χ1v) is 4.46. The second-order valence-electron chi connectivity index (χ2n) is 3.56. The van der Waals surface area contributed by atoms with Crippen molar-refractivity contribution in [3.05, 3.63) is 24.0 Å². The van der Waals surface area contributed by atoms with Crippen LogP contribution in [0.15, 0.2) is 18.5 Å². The lowest BCUT2D eigenvalue weighted by molar-refractivity contribution is 0.0896. The molecular formula is C10H13NO. The Morgan fingerprint density at radius 1 is 1.67 bits per heavy atom. The van der Waals surface area contributed by atoms with Crippen LogP contribution >= 0.6 is 0 Å². The van der Waals surface area contributed by atoms with Crippen LogP contribution in [0.1, 0.15) is 36.5 Å². The van der Waals surface area contributed by atoms with E-state index in [0.717, 1.165) is 24.8 Å². The van der Waals surface area contributed by atoms with Crippen molar-refractivity contribution >= 4 is 5.78 Å². The molecule has 0 saturated heterocycles. The van der Waals surface area contributed by atoms with E-state index in [2.05, 4.69) is 11.9 Å². The number of H-pyrrole nitrogens is 1. The molecule has 2 heteroatoms. The Kier molecular flexibility index (Phi) is 1.56. The minimum absolute atomic E-state index is 0.0161. The number of Topliss-reactive ketones (excluding diaryl/α,β-unsaturated/α-hetero) is 1. The third kappa shape index (κ3) is 0.986. The molecule has 1 fully saturated rings. The molecule has 0 atom stereocenters. The molecule has 1 aliphatic carbocycles. The van der Waals surface area contributed by atoms with Gasteiger partial charge in [-0.05, 0) is 25.3 Å². The molecule has 0 spiro atoms. The Morgan fingerprint density at radius 3 is 2.83 bits per heavy atom. The van der Waals surface area contributed by atoms with E-state index in [1.807, 2.05) is 6.07 Å². The quantitative estimate of drug-likeness (QED) is 0.682. The molecule has 1 saturated carbocycles. The molecule has 0 bridgehead atoms. The van der Waals surface area contributed by atoms with E-state index >= 15 is 0 Å². The summed E-state index contributed by atoms with van der Waals surface area (Å²) in [7, 11) is 0. The van der Waals surface area contributed by atoms with Gasteiger partial charge in [-0.15, -0.1) is 0 Å². The molecule has 1 aromatic heterocycles. The molecule has 0 radical (unpaired) electrons. The van der Waals surface area contributed by atoms with Gasteiger partial charge in [0.1, 0.15) is 0 Å². The summed E-state index contributed by atoms with van der Waals surface area (Å²) in [6, 6.07) is 1.86. The van der Waals surface area contributed by atoms with Crippen molar-refractivity contribution in [2.45, 2.75) is 26.2 Å². The van der Waals surface area contributed by atoms with E-state index in [-0.39, 0.29) is 5.41 Å². The number of hydrogen-bond donors (Lipinski definition) is 1. The van der Waals surface area contributed by atoms with Crippen molar-refractivity contribution in [3.8, 4) is 0 Å². The molecule has 64 valence electrons. The van der Waals surface area contributed by atoms with Gasteiger partial charge in [-0.2, -0.15) is 0 Å². The Bertz CT molecular complexity index is 283. The van der Waals surface area contributed by atoms with Gasteiger partial charge in [0.15, 0.2) is 5.78 Å². The van der Waals surface area contributed by atoms with Crippen LogP contribution in [0.2, 0.25) is 0 Å². The monoisotopic (exact) mass is 163 g/mol. The lowest BCUT2D eigenvalue weighted by atomic mass is 9.94. The number of aromatic amines is 1. The molecule has 0 aromatic carbocycles. The summed E-state index contributed by atoms with van der Waals surface area (Å²) < 4.78 is 0. The molecule has 2 rings (SSSR count). The summed E-state index contributed by atoms with van der Waals surface area (Å²) in [5, 5.41) is 0. The van der Waals surface area contributed by atoms with Crippen molar-refractivity contribution in [1.29, 1.82) is 0 Å². The van der Waals surface area contributed by atoms with Crippen molar-refractivity contribution < 1.29 is 4.79 Å². The highest BCUT2D eigenvalue weighted by Crippen LogP contribution is 2.50. The zero-order chi connectivity index (χ0) is 8.60. The number of ketones is 1. The number of hydrogen-bond acceptors (Lipinski definition) is 1. The van der Waals surface area contributed by atoms with Gasteiger partial charge in [0.05, 0.1) is 0 Å². The molecule has 1 heterocycles. The molecule has 0 unspecified atom stereocenters. The number of carbonyl (C=O) groups is 1. The minimum Gasteiger partial charge on any atom is -0.367 e. The largest absolute Gasteiger partial charge is 0.367 e. The summed E-state index contributed by atoms with van der Waals surface area (Å²) in [6.45, 7) is 2.09. The third-order valence-corrected chi connectivity index (χ3v) is 2.87. The Labute approximate surface area is 72.0 Å². The van der Waals surface area contributed by atoms with E-state index in [1.54, 1.807) is 12.4 Å². The van der Waals surface area contributed by atoms with Crippen molar-refractivity contribution in [3.63, 3.8) is 0 Å². The summed E-state index contributed by atoms with van der Waals surface area (Å²) in [5.74, 6) is 0.325. The van der Waals surface area contributed by atoms with Crippen LogP contribution in [-0.2, 0) is 0 Å². The second kappa shape index (κ2) is 2.47. The standard InChI is InChI=1S/C10H13NO/c1-2-10(4-5-10)9(12)8-3-6-11-7-8/h3,6-7,11H,2,4-5H2,1H3. The van der Waals surface area contributed by atoms with Gasteiger partial charge >= 0.3 is 0 Å². The number of nitrogens with one attached hydrogen (secondary N) is 1. The summed E-state index contributed by atoms with van der Waals surface area (Å²) in [5.41, 5.74) is 0.858. The molecule has 1 N–H and O–H groups in total. The van der Waals surface area contributed by atoms with Crippen LogP contribution in [0.3, 0.4) is 0 Å². The van der Waals surface area contributed by atoms with E-state index in [9.17, 15) is 4.79 Å². The van der Waals surface area contributed by atoms with Crippen LogP contribution in [-0.4, -0.2) is 10.8 Å². The predicted molar refractivity (Wildman–Crippen MR) is 47.1 cm³/mol. The molecule has 0 aliphatic heterocycles. The van der Waals surface area contributed by atoms with Crippen LogP contribution in [0.5, 0.6) is 0 Å². The van der Waals surface area contributed by atoms with Gasteiger partial charge in [0, 0.05) is 23.4 Å². The van der Waals surface area contributed by atoms with Crippen LogP contribution < -0.4 is 0 Å². The fourth-order valence-corrected chi connectivity index (χ4v) is 1.66. The van der Waals surface area contributed by atoms with Crippen LogP contribution in [0, 0.1) is 5.41 Å². The number of carbonyl (C=O) groups excluding carboxylic acids is 1. The first kappa shape index (κ1) is 7.59. The predicted octanol–water partition coefficient (Wildman–Crippen LogP) is 2.39. The first-order chi connectivity index (χ1) is 5.78. The summed E-state index contributed by atoms with van der Waals surface area (Å²) in [4.78, 5) is 14.7. The highest BCUT2D eigenvalue weighted by molar-refractivity contribution is 6.02. The Hall–Kier alpha value is -1.05. The van der Waals surface area contributed by atoms with Crippen molar-refractivity contribution in [2.24, 2.45) is 5.41 Å². The van der Waals surface area contributed by atoms with Gasteiger partial charge in [0.25, 0.3) is 0 Å². The molecule has 1 aromatic rings. The van der Waals surface area contributed by atoms with Crippen molar-refractivity contribution in [1.82, 2.24) is 4.98 Å². The first-order valence-electron chi connectivity index (χ1n) is 4.46. The van der Waals surface area contributed by atoms with Gasteiger partial charge in [-0.3, -0.25) is 4.79 Å². The maximum atomic E-state index is 11.8. The smallest absolute Gasteiger partial charge is 0.170 e. The fraction of sp³-hybridized carbons (Fsp3) is 0.500. The van der Waals surface area contributed by atoms with E-state index < -0.39 is 0 Å². The van der Waals surface area contributed by atoms with Crippen LogP contribution in [0.25, 0.3) is 0 Å². The minimum atomic E-state index is 0.0161. The second-order valence-corrected chi connectivity index (χ2v) is 3.56. The summed E-state index contributed by atoms with van der Waals surface area (Å²) >= 11 is 0. The van der Waals surface area contributed by atoms with Gasteiger partial charge in [-0.25, -0.2) is 0 Å². The highest BCUT2D eigenvalue weighted by atomic mass is 16.1. The average Bonchev–Trinajstić information content (AvgIpc) is 2.71. The number of rotatable bonds is 3. The van der Waals surface area contributed by atoms with Crippen LogP contribution in [0.4, 0.5) is 0 Å². The van der Waals surface area contributed by atoms with E-state index in [1.165, 1.54) is 0 Å². The Balaban J connectivity index is 2.21. The normalized spacial score (nSPS) is 19.1. The van der Waals surface area contributed by atoms with E-state index in [4.69, 9.17) is 0 Å². The van der Waals surface area contributed by atoms with Crippen molar-refractivity contribution in [2.75, 3.05) is 0 Å². The average molecular weight is 163 g/mol. The molecule has 2 nitrogen and oxygen atoms in total. The molecular weight excluding hydrogens is 150 g/mol. The van der Waals surface area contributed by atoms with Gasteiger partial charge in [-0.1, -0.05) is 6.92 Å². The maximum Gasteiger partial charge on any atom is 0.170 e. The topological polar surface area (TPSA) is 32.9 Å². The lowest BCUT2D eigenvalue weighted by Gasteiger charge is -2.08. The van der Waals surface area contributed by atoms with Gasteiger partial charge in [0.2, 0.25) is 0 Å². The fourth-order valence-electron chi connectivity index (χ4n) is 1.66. The number of aromatic nitrogens is 1. The SMILES string of the molecule is CCC1(C(=O)c2cc[nH]c2)CC1. The molecule has 0 amide bonds. The Morgan fingerprint density at radius 2 is 2.42 bits per heavy atom. The maximum absolute atomic E-state index is 11.8. The van der Waals surface area contributed by atoms with E-state index in [0.29, 0.717) is 5.78 Å². The summed E-state index contributed by atoms with van der Waals surface area (Å²) in [6.07, 6.45) is 6.73. The third-order valence-electron chi connectivity index (χ3n) is 2.87. The zero-order valence-corrected chi connectivity index (χ0v) is 7.26. The molecule has 1 aliphatic rings. The molecule has 12 heavy (non-hydrogen) atoms. The zero-order valence-electron chi connectivity index (χ0n) is 7.26.